The van der Waals surface area contributed by atoms with E-state index in [-0.39, 0.29) is 12.0 Å². The lowest BCUT2D eigenvalue weighted by molar-refractivity contribution is -0.00184. The molecule has 1 nitrogen and oxygen atoms in total. The van der Waals surface area contributed by atoms with E-state index < -0.39 is 5.92 Å². The maximum atomic E-state index is 13.3. The van der Waals surface area contributed by atoms with Crippen molar-refractivity contribution in [3.63, 3.8) is 0 Å². The summed E-state index contributed by atoms with van der Waals surface area (Å²) in [5.74, 6) is -2.61. The van der Waals surface area contributed by atoms with Crippen LogP contribution < -0.4 is 5.32 Å². The second-order valence-corrected chi connectivity index (χ2v) is 3.68. The summed E-state index contributed by atoms with van der Waals surface area (Å²) in [4.78, 5) is 0. The second-order valence-electron chi connectivity index (χ2n) is 3.68. The number of benzene rings is 1. The van der Waals surface area contributed by atoms with Crippen LogP contribution in [0.15, 0.2) is 18.2 Å². The van der Waals surface area contributed by atoms with Gasteiger partial charge in [0.05, 0.1) is 0 Å². The molecule has 1 aliphatic carbocycles. The van der Waals surface area contributed by atoms with E-state index in [1.807, 2.05) is 13.1 Å². The number of hydrogen-bond donors (Lipinski definition) is 1. The van der Waals surface area contributed by atoms with Crippen LogP contribution in [-0.4, -0.2) is 7.05 Å². The Morgan fingerprint density at radius 1 is 1.43 bits per heavy atom. The van der Waals surface area contributed by atoms with Crippen LogP contribution in [0.1, 0.15) is 23.1 Å². The lowest BCUT2D eigenvalue weighted by Gasteiger charge is -2.11. The van der Waals surface area contributed by atoms with Gasteiger partial charge in [0.1, 0.15) is 0 Å². The minimum atomic E-state index is -2.61. The fourth-order valence-electron chi connectivity index (χ4n) is 2.05. The van der Waals surface area contributed by atoms with Gasteiger partial charge in [0.2, 0.25) is 0 Å². The van der Waals surface area contributed by atoms with Gasteiger partial charge in [0, 0.05) is 18.5 Å². The first-order chi connectivity index (χ1) is 6.65. The number of rotatable bonds is 2. The minimum Gasteiger partial charge on any atom is -0.316 e. The zero-order valence-corrected chi connectivity index (χ0v) is 8.11. The van der Waals surface area contributed by atoms with Gasteiger partial charge in [0.15, 0.2) is 0 Å². The van der Waals surface area contributed by atoms with E-state index in [1.54, 1.807) is 12.1 Å². The summed E-state index contributed by atoms with van der Waals surface area (Å²) < 4.78 is 26.7. The average Bonchev–Trinajstić information content (AvgIpc) is 2.45. The van der Waals surface area contributed by atoms with Crippen molar-refractivity contribution in [3.05, 3.63) is 34.9 Å². The fraction of sp³-hybridized carbons (Fsp3) is 0.455. The maximum Gasteiger partial charge on any atom is 0.273 e. The Bertz CT molecular complexity index is 347. The van der Waals surface area contributed by atoms with E-state index in [0.29, 0.717) is 13.0 Å². The van der Waals surface area contributed by atoms with Crippen LogP contribution in [0.4, 0.5) is 8.78 Å². The van der Waals surface area contributed by atoms with Crippen molar-refractivity contribution in [3.8, 4) is 0 Å². The second kappa shape index (κ2) is 3.31. The van der Waals surface area contributed by atoms with Gasteiger partial charge in [-0.05, 0) is 24.6 Å². The van der Waals surface area contributed by atoms with Crippen LogP contribution in [0.25, 0.3) is 0 Å². The number of halogens is 2. The quantitative estimate of drug-likeness (QED) is 0.767. The van der Waals surface area contributed by atoms with Crippen LogP contribution >= 0.6 is 0 Å². The first-order valence-corrected chi connectivity index (χ1v) is 4.79. The van der Waals surface area contributed by atoms with Gasteiger partial charge in [-0.2, -0.15) is 0 Å². The Morgan fingerprint density at radius 2 is 2.21 bits per heavy atom. The molecule has 76 valence electrons. The highest BCUT2D eigenvalue weighted by Gasteiger charge is 2.39. The lowest BCUT2D eigenvalue weighted by atomic mass is 10.0. The Labute approximate surface area is 82.1 Å². The predicted octanol–water partition coefficient (Wildman–Crippen LogP) is 2.44. The summed E-state index contributed by atoms with van der Waals surface area (Å²) in [5.41, 5.74) is 2.07. The van der Waals surface area contributed by atoms with Crippen molar-refractivity contribution in [2.24, 2.45) is 0 Å². The van der Waals surface area contributed by atoms with Crippen molar-refractivity contribution in [1.82, 2.24) is 5.32 Å². The standard InChI is InChI=1S/C11H13F2N/c1-14-7-8-3-2-4-10-9(8)5-6-11(10,12)13/h2-4,14H,5-7H2,1H3. The monoisotopic (exact) mass is 197 g/mol. The molecule has 0 fully saturated rings. The van der Waals surface area contributed by atoms with Crippen LogP contribution in [-0.2, 0) is 18.9 Å². The summed E-state index contributed by atoms with van der Waals surface area (Å²) in [6.45, 7) is 0.666. The summed E-state index contributed by atoms with van der Waals surface area (Å²) in [5, 5.41) is 3.00. The molecule has 0 amide bonds. The third kappa shape index (κ3) is 1.42. The van der Waals surface area contributed by atoms with Crippen LogP contribution in [0.2, 0.25) is 0 Å². The van der Waals surface area contributed by atoms with Crippen LogP contribution in [0.5, 0.6) is 0 Å². The molecule has 0 heterocycles. The van der Waals surface area contributed by atoms with Crippen molar-refractivity contribution >= 4 is 0 Å². The predicted molar refractivity (Wildman–Crippen MR) is 51.4 cm³/mol. The lowest BCUT2D eigenvalue weighted by Crippen LogP contribution is -2.10. The summed E-state index contributed by atoms with van der Waals surface area (Å²) in [7, 11) is 1.83. The fourth-order valence-corrected chi connectivity index (χ4v) is 2.05. The Kier molecular flexibility index (Phi) is 2.27. The summed E-state index contributed by atoms with van der Waals surface area (Å²) >= 11 is 0. The van der Waals surface area contributed by atoms with Gasteiger partial charge in [0.25, 0.3) is 5.92 Å². The van der Waals surface area contributed by atoms with Crippen LogP contribution in [0.3, 0.4) is 0 Å². The maximum absolute atomic E-state index is 13.3. The molecule has 3 heteroatoms. The normalized spacial score (nSPS) is 18.2. The molecule has 1 N–H and O–H groups in total. The SMILES string of the molecule is CNCc1cccc2c1CCC2(F)F. The van der Waals surface area contributed by atoms with Gasteiger partial charge in [-0.25, -0.2) is 8.78 Å². The highest BCUT2D eigenvalue weighted by atomic mass is 19.3. The minimum absolute atomic E-state index is 0.0386. The molecule has 1 aromatic carbocycles. The molecule has 0 radical (unpaired) electrons. The van der Waals surface area contributed by atoms with E-state index in [0.717, 1.165) is 11.1 Å². The van der Waals surface area contributed by atoms with Gasteiger partial charge >= 0.3 is 0 Å². The Hall–Kier alpha value is -0.960. The third-order valence-corrected chi connectivity index (χ3v) is 2.72. The number of fused-ring (bicyclic) bond motifs is 1. The molecule has 0 unspecified atom stereocenters. The molecule has 0 saturated heterocycles. The summed E-state index contributed by atoms with van der Waals surface area (Å²) in [6.07, 6.45) is 0.462. The molecule has 0 spiro atoms. The van der Waals surface area contributed by atoms with Crippen LogP contribution in [0, 0.1) is 0 Å². The van der Waals surface area contributed by atoms with Crippen molar-refractivity contribution < 1.29 is 8.78 Å². The molecule has 0 atom stereocenters. The molecular weight excluding hydrogens is 184 g/mol. The molecule has 0 bridgehead atoms. The highest BCUT2D eigenvalue weighted by molar-refractivity contribution is 5.41. The van der Waals surface area contributed by atoms with E-state index >= 15 is 0 Å². The number of nitrogens with one attached hydrogen (secondary N) is 1. The van der Waals surface area contributed by atoms with Gasteiger partial charge in [-0.1, -0.05) is 18.2 Å². The zero-order valence-electron chi connectivity index (χ0n) is 8.11. The molecule has 14 heavy (non-hydrogen) atoms. The molecule has 2 rings (SSSR count). The van der Waals surface area contributed by atoms with E-state index in [1.165, 1.54) is 0 Å². The number of alkyl halides is 2. The molecule has 1 aromatic rings. The average molecular weight is 197 g/mol. The summed E-state index contributed by atoms with van der Waals surface area (Å²) in [6, 6.07) is 5.17. The van der Waals surface area contributed by atoms with Gasteiger partial charge < -0.3 is 5.32 Å². The van der Waals surface area contributed by atoms with Gasteiger partial charge in [-0.3, -0.25) is 0 Å². The van der Waals surface area contributed by atoms with Gasteiger partial charge in [-0.15, -0.1) is 0 Å². The highest BCUT2D eigenvalue weighted by Crippen LogP contribution is 2.42. The molecule has 0 aromatic heterocycles. The molecule has 0 saturated carbocycles. The first-order valence-electron chi connectivity index (χ1n) is 4.79. The molecule has 0 aliphatic heterocycles. The Morgan fingerprint density at radius 3 is 2.93 bits per heavy atom. The topological polar surface area (TPSA) is 12.0 Å². The van der Waals surface area contributed by atoms with Crippen molar-refractivity contribution in [1.29, 1.82) is 0 Å². The van der Waals surface area contributed by atoms with E-state index in [2.05, 4.69) is 5.32 Å². The first kappa shape index (κ1) is 9.59. The van der Waals surface area contributed by atoms with Crippen molar-refractivity contribution in [2.75, 3.05) is 7.05 Å². The van der Waals surface area contributed by atoms with E-state index in [4.69, 9.17) is 0 Å². The largest absolute Gasteiger partial charge is 0.316 e. The third-order valence-electron chi connectivity index (χ3n) is 2.72. The number of hydrogen-bond acceptors (Lipinski definition) is 1. The zero-order chi connectivity index (χ0) is 10.2. The molecule has 1 aliphatic rings. The Balaban J connectivity index is 2.45. The smallest absolute Gasteiger partial charge is 0.273 e. The van der Waals surface area contributed by atoms with E-state index in [9.17, 15) is 8.78 Å². The molecular formula is C11H13F2N. The van der Waals surface area contributed by atoms with Crippen molar-refractivity contribution in [2.45, 2.75) is 25.3 Å².